The summed E-state index contributed by atoms with van der Waals surface area (Å²) in [6, 6.07) is 1.41. The number of furan rings is 1. The van der Waals surface area contributed by atoms with Crippen LogP contribution in [0.15, 0.2) is 10.5 Å². The quantitative estimate of drug-likeness (QED) is 0.504. The molecule has 3 nitrogen and oxygen atoms in total. The van der Waals surface area contributed by atoms with E-state index in [1.807, 2.05) is 0 Å². The van der Waals surface area contributed by atoms with Crippen LogP contribution >= 0.6 is 0 Å². The summed E-state index contributed by atoms with van der Waals surface area (Å²) in [5, 5.41) is 9.42. The SMILES string of the molecule is O=C1C=c2cc(O)oc2=C1. The standard InChI is InChI=1S/C7H4O3/c8-5-1-4-2-7(9)10-6(4)3-5/h1-3,9H. The van der Waals surface area contributed by atoms with E-state index < -0.39 is 0 Å². The van der Waals surface area contributed by atoms with Crippen LogP contribution in [0.3, 0.4) is 0 Å². The third-order valence-corrected chi connectivity index (χ3v) is 1.35. The number of ketones is 1. The summed E-state index contributed by atoms with van der Waals surface area (Å²) < 4.78 is 4.74. The van der Waals surface area contributed by atoms with Crippen molar-refractivity contribution in [2.45, 2.75) is 0 Å². The lowest BCUT2D eigenvalue weighted by Gasteiger charge is -1.74. The lowest BCUT2D eigenvalue weighted by molar-refractivity contribution is -0.107. The fourth-order valence-corrected chi connectivity index (χ4v) is 0.955. The van der Waals surface area contributed by atoms with Crippen molar-refractivity contribution in [3.05, 3.63) is 16.7 Å². The average molecular weight is 136 g/mol. The Labute approximate surface area is 55.9 Å². The Hall–Kier alpha value is -1.51. The fraction of sp³-hybridized carbons (Fsp3) is 0. The molecule has 0 radical (unpaired) electrons. The predicted molar refractivity (Wildman–Crippen MR) is 33.6 cm³/mol. The highest BCUT2D eigenvalue weighted by molar-refractivity contribution is 6.26. The predicted octanol–water partition coefficient (Wildman–Crippen LogP) is -0.871. The number of Topliss-reactive ketones (excluding diaryl/α,β-unsaturated/α-hetero) is 1. The molecule has 1 heterocycles. The molecule has 3 heteroatoms. The molecular weight excluding hydrogens is 132 g/mol. The lowest BCUT2D eigenvalue weighted by atomic mass is 10.4. The highest BCUT2D eigenvalue weighted by Gasteiger charge is 2.05. The van der Waals surface area contributed by atoms with Gasteiger partial charge in [-0.2, -0.15) is 0 Å². The molecule has 0 spiro atoms. The van der Waals surface area contributed by atoms with E-state index in [4.69, 9.17) is 9.52 Å². The first kappa shape index (κ1) is 5.29. The van der Waals surface area contributed by atoms with Crippen LogP contribution in [0.2, 0.25) is 0 Å². The van der Waals surface area contributed by atoms with Crippen LogP contribution in [0, 0.1) is 0 Å². The first-order valence-corrected chi connectivity index (χ1v) is 2.82. The van der Waals surface area contributed by atoms with Gasteiger partial charge in [-0.15, -0.1) is 0 Å². The van der Waals surface area contributed by atoms with Gasteiger partial charge in [0.05, 0.1) is 0 Å². The Kier molecular flexibility index (Phi) is 0.795. The van der Waals surface area contributed by atoms with Crippen LogP contribution in [-0.4, -0.2) is 10.9 Å². The second-order valence-electron chi connectivity index (χ2n) is 2.10. The van der Waals surface area contributed by atoms with Crippen molar-refractivity contribution in [3.63, 3.8) is 0 Å². The largest absolute Gasteiger partial charge is 0.481 e. The molecule has 1 aliphatic rings. The van der Waals surface area contributed by atoms with Crippen molar-refractivity contribution >= 4 is 17.9 Å². The summed E-state index contributed by atoms with van der Waals surface area (Å²) >= 11 is 0. The number of fused-ring (bicyclic) bond motifs is 1. The first-order chi connectivity index (χ1) is 4.75. The third-order valence-electron chi connectivity index (χ3n) is 1.35. The van der Waals surface area contributed by atoms with Crippen LogP contribution in [0.5, 0.6) is 5.95 Å². The third kappa shape index (κ3) is 0.572. The van der Waals surface area contributed by atoms with Crippen molar-refractivity contribution < 1.29 is 14.3 Å². The molecule has 0 aromatic carbocycles. The van der Waals surface area contributed by atoms with E-state index in [1.54, 1.807) is 0 Å². The molecule has 10 heavy (non-hydrogen) atoms. The molecule has 1 aromatic heterocycles. The summed E-state index contributed by atoms with van der Waals surface area (Å²) in [4.78, 5) is 10.6. The maximum Gasteiger partial charge on any atom is 0.282 e. The summed E-state index contributed by atoms with van der Waals surface area (Å²) in [5.41, 5.74) is 0.447. The number of hydrogen-bond donors (Lipinski definition) is 1. The Balaban J connectivity index is 2.90. The molecule has 0 atom stereocenters. The van der Waals surface area contributed by atoms with Gasteiger partial charge in [0, 0.05) is 17.4 Å². The van der Waals surface area contributed by atoms with Crippen molar-refractivity contribution in [1.82, 2.24) is 0 Å². The van der Waals surface area contributed by atoms with Crippen molar-refractivity contribution in [3.8, 4) is 5.95 Å². The van der Waals surface area contributed by atoms with Crippen LogP contribution in [0.25, 0.3) is 12.2 Å². The van der Waals surface area contributed by atoms with E-state index in [1.165, 1.54) is 18.2 Å². The van der Waals surface area contributed by atoms with Gasteiger partial charge in [-0.05, 0) is 6.08 Å². The number of aromatic hydroxyl groups is 1. The van der Waals surface area contributed by atoms with E-state index >= 15 is 0 Å². The van der Waals surface area contributed by atoms with E-state index in [0.29, 0.717) is 10.6 Å². The summed E-state index contributed by atoms with van der Waals surface area (Å²) in [6.45, 7) is 0. The molecule has 0 amide bonds. The van der Waals surface area contributed by atoms with E-state index in [-0.39, 0.29) is 11.7 Å². The topological polar surface area (TPSA) is 50.4 Å². The zero-order chi connectivity index (χ0) is 7.14. The fourth-order valence-electron chi connectivity index (χ4n) is 0.955. The Bertz CT molecular complexity index is 361. The van der Waals surface area contributed by atoms with Crippen LogP contribution in [-0.2, 0) is 4.79 Å². The van der Waals surface area contributed by atoms with E-state index in [0.717, 1.165) is 0 Å². The maximum atomic E-state index is 10.6. The molecule has 0 unspecified atom stereocenters. The second kappa shape index (κ2) is 1.50. The minimum atomic E-state index is -0.148. The van der Waals surface area contributed by atoms with Gasteiger partial charge in [0.15, 0.2) is 5.78 Å². The Morgan fingerprint density at radius 2 is 2.20 bits per heavy atom. The normalized spacial score (nSPS) is 14.2. The second-order valence-corrected chi connectivity index (χ2v) is 2.10. The summed E-state index contributed by atoms with van der Waals surface area (Å²) in [7, 11) is 0. The minimum Gasteiger partial charge on any atom is -0.481 e. The Morgan fingerprint density at radius 3 is 2.90 bits per heavy atom. The van der Waals surface area contributed by atoms with Gasteiger partial charge in [-0.3, -0.25) is 4.79 Å². The zero-order valence-corrected chi connectivity index (χ0v) is 5.00. The van der Waals surface area contributed by atoms with Gasteiger partial charge in [-0.25, -0.2) is 0 Å². The van der Waals surface area contributed by atoms with Gasteiger partial charge in [0.2, 0.25) is 0 Å². The Morgan fingerprint density at radius 1 is 1.40 bits per heavy atom. The monoisotopic (exact) mass is 136 g/mol. The minimum absolute atomic E-state index is 0.0891. The van der Waals surface area contributed by atoms with Crippen LogP contribution in [0.4, 0.5) is 0 Å². The summed E-state index contributed by atoms with van der Waals surface area (Å²) in [6.07, 6.45) is 2.76. The van der Waals surface area contributed by atoms with Gasteiger partial charge in [-0.1, -0.05) is 0 Å². The molecular formula is C7H4O3. The molecule has 0 bridgehead atoms. The lowest BCUT2D eigenvalue weighted by Crippen LogP contribution is -2.13. The molecule has 1 aromatic rings. The molecule has 0 saturated carbocycles. The smallest absolute Gasteiger partial charge is 0.282 e. The molecule has 1 N–H and O–H groups in total. The highest BCUT2D eigenvalue weighted by Crippen LogP contribution is 1.99. The van der Waals surface area contributed by atoms with Crippen molar-refractivity contribution in [2.75, 3.05) is 0 Å². The van der Waals surface area contributed by atoms with Gasteiger partial charge < -0.3 is 9.52 Å². The van der Waals surface area contributed by atoms with Gasteiger partial charge in [0.1, 0.15) is 5.42 Å². The van der Waals surface area contributed by atoms with Crippen molar-refractivity contribution in [1.29, 1.82) is 0 Å². The molecule has 0 aliphatic heterocycles. The number of hydrogen-bond acceptors (Lipinski definition) is 3. The zero-order valence-electron chi connectivity index (χ0n) is 5.00. The highest BCUT2D eigenvalue weighted by atomic mass is 16.5. The van der Waals surface area contributed by atoms with Crippen LogP contribution < -0.4 is 10.6 Å². The first-order valence-electron chi connectivity index (χ1n) is 2.82. The van der Waals surface area contributed by atoms with E-state index in [9.17, 15) is 4.79 Å². The maximum absolute atomic E-state index is 10.6. The van der Waals surface area contributed by atoms with Crippen LogP contribution in [0.1, 0.15) is 0 Å². The molecule has 2 rings (SSSR count). The number of rotatable bonds is 0. The van der Waals surface area contributed by atoms with Crippen molar-refractivity contribution in [2.24, 2.45) is 0 Å². The average Bonchev–Trinajstić information content (AvgIpc) is 2.21. The molecule has 0 saturated heterocycles. The van der Waals surface area contributed by atoms with Gasteiger partial charge >= 0.3 is 0 Å². The van der Waals surface area contributed by atoms with Gasteiger partial charge in [0.25, 0.3) is 5.95 Å². The van der Waals surface area contributed by atoms with E-state index in [2.05, 4.69) is 0 Å². The molecule has 1 aliphatic carbocycles. The number of carbonyl (C=O) groups excluding carboxylic acids is 1. The number of carbonyl (C=O) groups is 1. The molecule has 0 fully saturated rings. The molecule has 50 valence electrons. The summed E-state index contributed by atoms with van der Waals surface area (Å²) in [5.74, 6) is -0.237.